The molecule has 0 radical (unpaired) electrons. The Morgan fingerprint density at radius 2 is 2.00 bits per heavy atom. The van der Waals surface area contributed by atoms with Crippen molar-refractivity contribution in [2.45, 2.75) is 0 Å². The van der Waals surface area contributed by atoms with Gasteiger partial charge in [-0.25, -0.2) is 0 Å². The Morgan fingerprint density at radius 1 is 1.21 bits per heavy atom. The van der Waals surface area contributed by atoms with Crippen LogP contribution in [0, 0.1) is 0 Å². The molecule has 0 unspecified atom stereocenters. The lowest BCUT2D eigenvalue weighted by Crippen LogP contribution is -2.28. The zero-order valence-corrected chi connectivity index (χ0v) is 7.27. The molecule has 0 atom stereocenters. The van der Waals surface area contributed by atoms with Crippen LogP contribution < -0.4 is 16.8 Å². The van der Waals surface area contributed by atoms with Gasteiger partial charge in [0, 0.05) is 5.56 Å². The van der Waals surface area contributed by atoms with E-state index in [-0.39, 0.29) is 6.01 Å². The van der Waals surface area contributed by atoms with Crippen LogP contribution in [0.3, 0.4) is 0 Å². The van der Waals surface area contributed by atoms with Crippen molar-refractivity contribution >= 4 is 6.01 Å². The summed E-state index contributed by atoms with van der Waals surface area (Å²) in [4.78, 5) is 4.04. The van der Waals surface area contributed by atoms with E-state index < -0.39 is 0 Å². The van der Waals surface area contributed by atoms with Crippen molar-refractivity contribution in [1.29, 1.82) is 0 Å². The predicted molar refractivity (Wildman–Crippen MR) is 50.7 cm³/mol. The monoisotopic (exact) mass is 191 g/mol. The Kier molecular flexibility index (Phi) is 2.39. The molecule has 1 aromatic heterocycles. The Labute approximate surface area is 80.1 Å². The Hall–Kier alpha value is -1.92. The van der Waals surface area contributed by atoms with Gasteiger partial charge in [-0.05, 0) is 0 Å². The van der Waals surface area contributed by atoms with E-state index in [1.54, 1.807) is 0 Å². The van der Waals surface area contributed by atoms with Crippen molar-refractivity contribution in [3.8, 4) is 11.4 Å². The zero-order chi connectivity index (χ0) is 9.80. The van der Waals surface area contributed by atoms with Crippen LogP contribution in [-0.2, 0) is 0 Å². The molecule has 2 aromatic rings. The van der Waals surface area contributed by atoms with Crippen LogP contribution in [0.1, 0.15) is 0 Å². The molecule has 0 saturated heterocycles. The molecule has 72 valence electrons. The van der Waals surface area contributed by atoms with Crippen molar-refractivity contribution in [3.63, 3.8) is 0 Å². The number of hydrazine groups is 2. The lowest BCUT2D eigenvalue weighted by atomic mass is 10.2. The minimum Gasteiger partial charge on any atom is -0.314 e. The predicted octanol–water partition coefficient (Wildman–Crippen LogP) is 0.527. The number of aromatic nitrogens is 2. The summed E-state index contributed by atoms with van der Waals surface area (Å²) >= 11 is 0. The number of nitrogens with two attached hydrogens (primary N) is 1. The fraction of sp³-hybridized carbons (Fsp3) is 0. The molecule has 6 heteroatoms. The smallest absolute Gasteiger partial charge is 0.314 e. The van der Waals surface area contributed by atoms with Crippen molar-refractivity contribution in [3.05, 3.63) is 30.3 Å². The van der Waals surface area contributed by atoms with Gasteiger partial charge in [-0.15, -0.1) is 0 Å². The highest BCUT2D eigenvalue weighted by molar-refractivity contribution is 5.54. The fourth-order valence-corrected chi connectivity index (χ4v) is 1.04. The summed E-state index contributed by atoms with van der Waals surface area (Å²) in [5, 5.41) is 3.76. The first-order chi connectivity index (χ1) is 6.90. The van der Waals surface area contributed by atoms with Crippen LogP contribution in [0.5, 0.6) is 0 Å². The summed E-state index contributed by atoms with van der Waals surface area (Å²) in [6.07, 6.45) is 0. The van der Waals surface area contributed by atoms with Crippen molar-refractivity contribution in [2.75, 3.05) is 5.43 Å². The van der Waals surface area contributed by atoms with Gasteiger partial charge < -0.3 is 4.52 Å². The molecule has 0 amide bonds. The molecule has 0 aliphatic heterocycles. The van der Waals surface area contributed by atoms with Gasteiger partial charge in [0.25, 0.3) is 0 Å². The molecule has 0 aliphatic rings. The molecule has 1 aromatic carbocycles. The Morgan fingerprint density at radius 3 is 2.71 bits per heavy atom. The van der Waals surface area contributed by atoms with E-state index in [9.17, 15) is 0 Å². The number of benzene rings is 1. The van der Waals surface area contributed by atoms with Gasteiger partial charge in [0.1, 0.15) is 0 Å². The van der Waals surface area contributed by atoms with Crippen molar-refractivity contribution in [1.82, 2.24) is 15.7 Å². The van der Waals surface area contributed by atoms with Crippen LogP contribution in [0.15, 0.2) is 34.9 Å². The third-order valence-electron chi connectivity index (χ3n) is 1.64. The molecule has 4 N–H and O–H groups in total. The molecule has 0 saturated carbocycles. The highest BCUT2D eigenvalue weighted by atomic mass is 16.5. The molecular weight excluding hydrogens is 182 g/mol. The van der Waals surface area contributed by atoms with Crippen molar-refractivity contribution < 1.29 is 4.52 Å². The summed E-state index contributed by atoms with van der Waals surface area (Å²) in [6.45, 7) is 0. The summed E-state index contributed by atoms with van der Waals surface area (Å²) in [6, 6.07) is 9.74. The van der Waals surface area contributed by atoms with Gasteiger partial charge in [0.15, 0.2) is 0 Å². The summed E-state index contributed by atoms with van der Waals surface area (Å²) < 4.78 is 4.84. The normalized spacial score (nSPS) is 10.1. The zero-order valence-electron chi connectivity index (χ0n) is 7.27. The lowest BCUT2D eigenvalue weighted by Gasteiger charge is -1.93. The number of rotatable bonds is 3. The maximum Gasteiger partial charge on any atom is 0.337 e. The number of anilines is 1. The Balaban J connectivity index is 2.25. The number of hydrogen-bond acceptors (Lipinski definition) is 6. The average Bonchev–Trinajstić information content (AvgIpc) is 2.68. The molecule has 0 bridgehead atoms. The third kappa shape index (κ3) is 1.70. The summed E-state index contributed by atoms with van der Waals surface area (Å²) in [5.41, 5.74) is 5.58. The van der Waals surface area contributed by atoms with E-state index in [0.717, 1.165) is 5.56 Å². The standard InChI is InChI=1S/C8H9N5O/c9-13-11-8-10-7(12-14-8)6-4-2-1-3-5-6/h1-5,13H,9H2,(H,10,11,12). The second-order valence-corrected chi connectivity index (χ2v) is 2.56. The second-order valence-electron chi connectivity index (χ2n) is 2.56. The largest absolute Gasteiger partial charge is 0.337 e. The summed E-state index contributed by atoms with van der Waals surface area (Å²) in [5.74, 6) is 5.54. The van der Waals surface area contributed by atoms with Gasteiger partial charge >= 0.3 is 6.01 Å². The van der Waals surface area contributed by atoms with Crippen LogP contribution in [0.2, 0.25) is 0 Å². The molecule has 6 nitrogen and oxygen atoms in total. The van der Waals surface area contributed by atoms with E-state index in [1.807, 2.05) is 30.3 Å². The van der Waals surface area contributed by atoms with E-state index in [2.05, 4.69) is 21.1 Å². The van der Waals surface area contributed by atoms with Crippen LogP contribution in [0.25, 0.3) is 11.4 Å². The van der Waals surface area contributed by atoms with E-state index in [1.165, 1.54) is 0 Å². The Bertz CT molecular complexity index is 399. The van der Waals surface area contributed by atoms with E-state index in [4.69, 9.17) is 10.4 Å². The van der Waals surface area contributed by atoms with E-state index >= 15 is 0 Å². The first kappa shape index (κ1) is 8.67. The molecule has 0 fully saturated rings. The molecular formula is C8H9N5O. The fourth-order valence-electron chi connectivity index (χ4n) is 1.04. The first-order valence-corrected chi connectivity index (χ1v) is 4.01. The van der Waals surface area contributed by atoms with Gasteiger partial charge in [-0.2, -0.15) is 10.5 Å². The quantitative estimate of drug-likeness (QED) is 0.484. The number of hydrogen-bond donors (Lipinski definition) is 3. The SMILES string of the molecule is NNNc1nc(-c2ccccc2)no1. The average molecular weight is 191 g/mol. The van der Waals surface area contributed by atoms with Gasteiger partial charge in [0.2, 0.25) is 5.82 Å². The summed E-state index contributed by atoms with van der Waals surface area (Å²) in [7, 11) is 0. The number of nitrogens with zero attached hydrogens (tertiary/aromatic N) is 2. The minimum atomic E-state index is 0.228. The van der Waals surface area contributed by atoms with Crippen LogP contribution in [0.4, 0.5) is 6.01 Å². The van der Waals surface area contributed by atoms with Gasteiger partial charge in [-0.3, -0.25) is 11.3 Å². The second kappa shape index (κ2) is 3.86. The molecule has 0 aliphatic carbocycles. The highest BCUT2D eigenvalue weighted by Gasteiger charge is 2.06. The third-order valence-corrected chi connectivity index (χ3v) is 1.64. The van der Waals surface area contributed by atoms with Gasteiger partial charge in [-0.1, -0.05) is 35.5 Å². The number of nitrogens with one attached hydrogen (secondary N) is 2. The topological polar surface area (TPSA) is 89.0 Å². The first-order valence-electron chi connectivity index (χ1n) is 4.01. The maximum absolute atomic E-state index is 5.02. The van der Waals surface area contributed by atoms with Crippen LogP contribution in [-0.4, -0.2) is 10.1 Å². The molecule has 1 heterocycles. The van der Waals surface area contributed by atoms with E-state index in [0.29, 0.717) is 5.82 Å². The molecule has 2 rings (SSSR count). The minimum absolute atomic E-state index is 0.228. The maximum atomic E-state index is 5.02. The van der Waals surface area contributed by atoms with Crippen LogP contribution >= 0.6 is 0 Å². The highest BCUT2D eigenvalue weighted by Crippen LogP contribution is 2.15. The molecule has 14 heavy (non-hydrogen) atoms. The van der Waals surface area contributed by atoms with Crippen molar-refractivity contribution in [2.24, 2.45) is 5.84 Å². The van der Waals surface area contributed by atoms with Gasteiger partial charge in [0.05, 0.1) is 0 Å². The molecule has 0 spiro atoms. The lowest BCUT2D eigenvalue weighted by molar-refractivity contribution is 0.428.